The highest BCUT2D eigenvalue weighted by atomic mass is 35.5. The summed E-state index contributed by atoms with van der Waals surface area (Å²) in [5, 5.41) is 7.70. The van der Waals surface area contributed by atoms with E-state index >= 15 is 0 Å². The lowest BCUT2D eigenvalue weighted by molar-refractivity contribution is 0.399. The number of thiol groups is 1. The molecule has 0 fully saturated rings. The predicted molar refractivity (Wildman–Crippen MR) is 46.8 cm³/mol. The van der Waals surface area contributed by atoms with Gasteiger partial charge in [-0.25, -0.2) is 0 Å². The summed E-state index contributed by atoms with van der Waals surface area (Å²) in [5.74, 6) is 0. The summed E-state index contributed by atoms with van der Waals surface area (Å²) >= 11 is 9.70. The molecule has 0 radical (unpaired) electrons. The molecule has 0 amide bonds. The molecule has 0 aliphatic rings. The van der Waals surface area contributed by atoms with Crippen LogP contribution in [0.2, 0.25) is 5.02 Å². The highest BCUT2D eigenvalue weighted by Crippen LogP contribution is 2.17. The van der Waals surface area contributed by atoms with E-state index in [1.807, 2.05) is 24.3 Å². The number of aliphatic hydroxyl groups excluding tert-OH is 1. The van der Waals surface area contributed by atoms with E-state index in [1.54, 1.807) is 0 Å². The van der Waals surface area contributed by atoms with Gasteiger partial charge in [0.25, 0.3) is 0 Å². The first kappa shape index (κ1) is 9.82. The Balaban J connectivity index is 0.000000371. The Hall–Kier alpha value is -0.180. The molecule has 0 saturated heterocycles. The van der Waals surface area contributed by atoms with E-state index < -0.39 is 0 Å². The van der Waals surface area contributed by atoms with Crippen molar-refractivity contribution >= 4 is 24.2 Å². The van der Waals surface area contributed by atoms with Gasteiger partial charge in [0.15, 0.2) is 0 Å². The second-order valence-electron chi connectivity index (χ2n) is 1.45. The smallest absolute Gasteiger partial charge is 0.0539 e. The van der Waals surface area contributed by atoms with Gasteiger partial charge in [0.1, 0.15) is 0 Å². The van der Waals surface area contributed by atoms with Crippen LogP contribution >= 0.6 is 24.2 Å². The van der Waals surface area contributed by atoms with Gasteiger partial charge in [-0.3, -0.25) is 0 Å². The first-order valence-electron chi connectivity index (χ1n) is 2.69. The molecule has 1 nitrogen and oxygen atoms in total. The fraction of sp³-hybridized carbons (Fsp3) is 0.143. The van der Waals surface area contributed by atoms with Crippen molar-refractivity contribution in [2.45, 2.75) is 4.90 Å². The van der Waals surface area contributed by atoms with E-state index in [0.717, 1.165) is 12.0 Å². The van der Waals surface area contributed by atoms with Crippen molar-refractivity contribution in [2.24, 2.45) is 0 Å². The zero-order valence-electron chi connectivity index (χ0n) is 5.58. The lowest BCUT2D eigenvalue weighted by atomic mass is 10.4. The topological polar surface area (TPSA) is 20.2 Å². The Morgan fingerprint density at radius 3 is 2.10 bits per heavy atom. The lowest BCUT2D eigenvalue weighted by Gasteiger charge is -1.90. The number of rotatable bonds is 0. The molecule has 0 bridgehead atoms. The van der Waals surface area contributed by atoms with Crippen LogP contribution in [-0.4, -0.2) is 12.2 Å². The monoisotopic (exact) mass is 176 g/mol. The van der Waals surface area contributed by atoms with Crippen molar-refractivity contribution in [1.82, 2.24) is 0 Å². The average Bonchev–Trinajstić information content (AvgIpc) is 2.00. The molecule has 0 aliphatic carbocycles. The normalized spacial score (nSPS) is 8.00. The summed E-state index contributed by atoms with van der Waals surface area (Å²) in [7, 11) is 1.00. The Kier molecular flexibility index (Phi) is 5.49. The van der Waals surface area contributed by atoms with Gasteiger partial charge in [-0.1, -0.05) is 23.7 Å². The molecule has 0 unspecified atom stereocenters. The Morgan fingerprint density at radius 1 is 1.30 bits per heavy atom. The van der Waals surface area contributed by atoms with Gasteiger partial charge >= 0.3 is 0 Å². The number of hydrogen-bond donors (Lipinski definition) is 2. The second-order valence-corrected chi connectivity index (χ2v) is 2.34. The van der Waals surface area contributed by atoms with Crippen molar-refractivity contribution in [2.75, 3.05) is 7.11 Å². The minimum atomic E-state index is 0.704. The van der Waals surface area contributed by atoms with E-state index in [9.17, 15) is 0 Å². The largest absolute Gasteiger partial charge is 0.400 e. The molecule has 1 N–H and O–H groups in total. The summed E-state index contributed by atoms with van der Waals surface area (Å²) < 4.78 is 0. The molecular formula is C7H9ClOS. The standard InChI is InChI=1S/C6H5ClS.CH4O/c7-5-3-1-2-4-6(5)8;1-2/h1-4,8H;2H,1H3. The maximum Gasteiger partial charge on any atom is 0.0539 e. The molecule has 0 saturated carbocycles. The van der Waals surface area contributed by atoms with Crippen LogP contribution in [0.15, 0.2) is 29.2 Å². The van der Waals surface area contributed by atoms with E-state index in [1.165, 1.54) is 0 Å². The number of hydrogen-bond acceptors (Lipinski definition) is 2. The lowest BCUT2D eigenvalue weighted by Crippen LogP contribution is -1.63. The third-order valence-corrected chi connectivity index (χ3v) is 1.70. The van der Waals surface area contributed by atoms with E-state index in [2.05, 4.69) is 12.6 Å². The van der Waals surface area contributed by atoms with Crippen LogP contribution in [0.3, 0.4) is 0 Å². The molecule has 10 heavy (non-hydrogen) atoms. The third kappa shape index (κ3) is 3.11. The zero-order valence-corrected chi connectivity index (χ0v) is 7.23. The molecule has 1 aromatic carbocycles. The number of benzene rings is 1. The summed E-state index contributed by atoms with van der Waals surface area (Å²) in [5.41, 5.74) is 0. The molecule has 0 heterocycles. The Labute approximate surface area is 71.1 Å². The summed E-state index contributed by atoms with van der Waals surface area (Å²) in [6.07, 6.45) is 0. The van der Waals surface area contributed by atoms with Crippen LogP contribution in [0.1, 0.15) is 0 Å². The van der Waals surface area contributed by atoms with Gasteiger partial charge in [0.2, 0.25) is 0 Å². The van der Waals surface area contributed by atoms with Crippen LogP contribution < -0.4 is 0 Å². The SMILES string of the molecule is CO.Sc1ccccc1Cl. The quantitative estimate of drug-likeness (QED) is 0.581. The van der Waals surface area contributed by atoms with Gasteiger partial charge in [-0.15, -0.1) is 12.6 Å². The summed E-state index contributed by atoms with van der Waals surface area (Å²) in [4.78, 5) is 0.828. The van der Waals surface area contributed by atoms with Gasteiger partial charge in [-0.05, 0) is 12.1 Å². The second kappa shape index (κ2) is 5.59. The Morgan fingerprint density at radius 2 is 1.80 bits per heavy atom. The van der Waals surface area contributed by atoms with Crippen LogP contribution in [0.5, 0.6) is 0 Å². The number of aliphatic hydroxyl groups is 1. The minimum absolute atomic E-state index is 0.704. The van der Waals surface area contributed by atoms with Crippen LogP contribution in [-0.2, 0) is 0 Å². The maximum absolute atomic E-state index is 7.00. The molecule has 56 valence electrons. The van der Waals surface area contributed by atoms with Crippen molar-refractivity contribution in [1.29, 1.82) is 0 Å². The molecule has 0 spiro atoms. The van der Waals surface area contributed by atoms with Crippen LogP contribution in [0.25, 0.3) is 0 Å². The van der Waals surface area contributed by atoms with Crippen molar-refractivity contribution in [3.05, 3.63) is 29.3 Å². The fourth-order valence-electron chi connectivity index (χ4n) is 0.452. The summed E-state index contributed by atoms with van der Waals surface area (Å²) in [6, 6.07) is 7.44. The molecule has 3 heteroatoms. The van der Waals surface area contributed by atoms with Crippen LogP contribution in [0.4, 0.5) is 0 Å². The molecule has 1 rings (SSSR count). The molecule has 0 atom stereocenters. The van der Waals surface area contributed by atoms with Crippen molar-refractivity contribution in [3.8, 4) is 0 Å². The fourth-order valence-corrected chi connectivity index (χ4v) is 0.748. The van der Waals surface area contributed by atoms with E-state index in [0.29, 0.717) is 5.02 Å². The van der Waals surface area contributed by atoms with Crippen molar-refractivity contribution in [3.63, 3.8) is 0 Å². The molecule has 0 aliphatic heterocycles. The van der Waals surface area contributed by atoms with E-state index in [-0.39, 0.29) is 0 Å². The summed E-state index contributed by atoms with van der Waals surface area (Å²) in [6.45, 7) is 0. The van der Waals surface area contributed by atoms with Crippen molar-refractivity contribution < 1.29 is 5.11 Å². The predicted octanol–water partition coefficient (Wildman–Crippen LogP) is 2.24. The van der Waals surface area contributed by atoms with E-state index in [4.69, 9.17) is 16.7 Å². The molecule has 0 aromatic heterocycles. The minimum Gasteiger partial charge on any atom is -0.400 e. The zero-order chi connectivity index (χ0) is 7.98. The molecular weight excluding hydrogens is 168 g/mol. The highest BCUT2D eigenvalue weighted by molar-refractivity contribution is 7.80. The van der Waals surface area contributed by atoms with Gasteiger partial charge < -0.3 is 5.11 Å². The first-order valence-corrected chi connectivity index (χ1v) is 3.51. The third-order valence-electron chi connectivity index (χ3n) is 0.852. The van der Waals surface area contributed by atoms with Gasteiger partial charge in [0, 0.05) is 12.0 Å². The Bertz CT molecular complexity index is 170. The highest BCUT2D eigenvalue weighted by Gasteiger charge is 1.87. The van der Waals surface area contributed by atoms with Gasteiger partial charge in [0.05, 0.1) is 5.02 Å². The number of halogens is 1. The van der Waals surface area contributed by atoms with Gasteiger partial charge in [-0.2, -0.15) is 0 Å². The maximum atomic E-state index is 7.00. The van der Waals surface area contributed by atoms with Crippen LogP contribution in [0, 0.1) is 0 Å². The first-order chi connectivity index (χ1) is 4.80. The molecule has 1 aromatic rings. The average molecular weight is 177 g/mol.